The average molecular weight is 290 g/mol. The molecule has 0 spiro atoms. The molecule has 0 aliphatic heterocycles. The highest BCUT2D eigenvalue weighted by Crippen LogP contribution is 2.26. The van der Waals surface area contributed by atoms with Crippen molar-refractivity contribution in [3.8, 4) is 0 Å². The van der Waals surface area contributed by atoms with E-state index in [-0.39, 0.29) is 12.6 Å². The van der Waals surface area contributed by atoms with Crippen LogP contribution in [0.4, 0.5) is 0 Å². The van der Waals surface area contributed by atoms with Crippen LogP contribution in [0.5, 0.6) is 0 Å². The maximum Gasteiger partial charge on any atom is 0.0468 e. The molecule has 1 rings (SSSR count). The summed E-state index contributed by atoms with van der Waals surface area (Å²) in [6, 6.07) is 5.79. The lowest BCUT2D eigenvalue weighted by Crippen LogP contribution is -2.20. The number of aliphatic hydroxyl groups excluding tert-OH is 1. The van der Waals surface area contributed by atoms with Crippen LogP contribution >= 0.6 is 23.2 Å². The first kappa shape index (κ1) is 15.8. The number of rotatable bonds is 7. The monoisotopic (exact) mass is 289 g/mol. The molecule has 0 aromatic heterocycles. The zero-order valence-electron chi connectivity index (χ0n) is 10.9. The van der Waals surface area contributed by atoms with Gasteiger partial charge in [0, 0.05) is 22.7 Å². The molecule has 0 saturated heterocycles. The van der Waals surface area contributed by atoms with Crippen LogP contribution in [0.2, 0.25) is 10.0 Å². The second-order valence-electron chi connectivity index (χ2n) is 4.77. The van der Waals surface area contributed by atoms with Crippen LogP contribution in [0.3, 0.4) is 0 Å². The molecule has 0 bridgehead atoms. The van der Waals surface area contributed by atoms with Crippen molar-refractivity contribution in [1.82, 2.24) is 5.32 Å². The Hall–Kier alpha value is -0.280. The lowest BCUT2D eigenvalue weighted by molar-refractivity contribution is 0.227. The minimum Gasteiger partial charge on any atom is -0.396 e. The average Bonchev–Trinajstić information content (AvgIpc) is 2.34. The van der Waals surface area contributed by atoms with Crippen molar-refractivity contribution in [2.45, 2.75) is 32.7 Å². The van der Waals surface area contributed by atoms with E-state index < -0.39 is 0 Å². The molecule has 0 fully saturated rings. The Morgan fingerprint density at radius 1 is 1.28 bits per heavy atom. The van der Waals surface area contributed by atoms with Crippen molar-refractivity contribution in [3.05, 3.63) is 33.8 Å². The third-order valence-electron chi connectivity index (χ3n) is 3.06. The van der Waals surface area contributed by atoms with Gasteiger partial charge in [0.2, 0.25) is 0 Å². The second kappa shape index (κ2) is 8.00. The lowest BCUT2D eigenvalue weighted by atomic mass is 10.1. The maximum atomic E-state index is 8.93. The van der Waals surface area contributed by atoms with E-state index in [4.69, 9.17) is 28.3 Å². The van der Waals surface area contributed by atoms with Crippen LogP contribution in [-0.2, 0) is 0 Å². The maximum absolute atomic E-state index is 8.93. The standard InChI is InChI=1S/C14H21Cl2NO/c1-10(9-18)4-3-7-17-11(2)13-6-5-12(15)8-14(13)16/h5-6,8,10-11,17-18H,3-4,7,9H2,1-2H3. The summed E-state index contributed by atoms with van der Waals surface area (Å²) in [5.41, 5.74) is 1.07. The molecule has 1 aromatic rings. The molecule has 102 valence electrons. The van der Waals surface area contributed by atoms with E-state index >= 15 is 0 Å². The molecule has 0 radical (unpaired) electrons. The molecule has 0 heterocycles. The van der Waals surface area contributed by atoms with Crippen LogP contribution in [0.1, 0.15) is 38.3 Å². The van der Waals surface area contributed by atoms with E-state index in [0.717, 1.165) is 24.9 Å². The van der Waals surface area contributed by atoms with Crippen LogP contribution in [-0.4, -0.2) is 18.3 Å². The predicted molar refractivity (Wildman–Crippen MR) is 78.4 cm³/mol. The minimum atomic E-state index is 0.208. The summed E-state index contributed by atoms with van der Waals surface area (Å²) < 4.78 is 0. The summed E-state index contributed by atoms with van der Waals surface area (Å²) in [4.78, 5) is 0. The van der Waals surface area contributed by atoms with E-state index in [0.29, 0.717) is 16.0 Å². The molecular weight excluding hydrogens is 269 g/mol. The van der Waals surface area contributed by atoms with E-state index in [2.05, 4.69) is 19.2 Å². The van der Waals surface area contributed by atoms with Gasteiger partial charge >= 0.3 is 0 Å². The van der Waals surface area contributed by atoms with E-state index in [1.807, 2.05) is 12.1 Å². The Bertz CT molecular complexity index is 371. The fourth-order valence-electron chi connectivity index (χ4n) is 1.82. The van der Waals surface area contributed by atoms with Gasteiger partial charge in [-0.1, -0.05) is 36.2 Å². The van der Waals surface area contributed by atoms with Crippen molar-refractivity contribution in [2.75, 3.05) is 13.2 Å². The van der Waals surface area contributed by atoms with E-state index in [1.165, 1.54) is 0 Å². The van der Waals surface area contributed by atoms with Gasteiger partial charge in [0.25, 0.3) is 0 Å². The molecule has 4 heteroatoms. The number of nitrogens with one attached hydrogen (secondary N) is 1. The molecule has 2 atom stereocenters. The predicted octanol–water partition coefficient (Wildman–Crippen LogP) is 4.05. The molecule has 2 nitrogen and oxygen atoms in total. The van der Waals surface area contributed by atoms with Gasteiger partial charge in [-0.2, -0.15) is 0 Å². The molecular formula is C14H21Cl2NO. The van der Waals surface area contributed by atoms with Gasteiger partial charge < -0.3 is 10.4 Å². The third-order valence-corrected chi connectivity index (χ3v) is 3.63. The second-order valence-corrected chi connectivity index (χ2v) is 5.62. The normalized spacial score (nSPS) is 14.5. The van der Waals surface area contributed by atoms with Gasteiger partial charge in [0.15, 0.2) is 0 Å². The van der Waals surface area contributed by atoms with Crippen molar-refractivity contribution in [3.63, 3.8) is 0 Å². The van der Waals surface area contributed by atoms with Crippen LogP contribution in [0.25, 0.3) is 0 Å². The minimum absolute atomic E-state index is 0.208. The highest BCUT2D eigenvalue weighted by Gasteiger charge is 2.09. The van der Waals surface area contributed by atoms with Crippen LogP contribution < -0.4 is 5.32 Å². The molecule has 2 unspecified atom stereocenters. The first-order chi connectivity index (χ1) is 8.54. The summed E-state index contributed by atoms with van der Waals surface area (Å²) >= 11 is 12.0. The van der Waals surface area contributed by atoms with Crippen LogP contribution in [0, 0.1) is 5.92 Å². The lowest BCUT2D eigenvalue weighted by Gasteiger charge is -2.16. The number of benzene rings is 1. The van der Waals surface area contributed by atoms with E-state index in [9.17, 15) is 0 Å². The Balaban J connectivity index is 2.38. The molecule has 18 heavy (non-hydrogen) atoms. The zero-order chi connectivity index (χ0) is 13.5. The van der Waals surface area contributed by atoms with Gasteiger partial charge in [-0.05, 0) is 49.9 Å². The summed E-state index contributed by atoms with van der Waals surface area (Å²) in [5, 5.41) is 13.7. The summed E-state index contributed by atoms with van der Waals surface area (Å²) in [6.45, 7) is 5.33. The SMILES string of the molecule is CC(CO)CCCNC(C)c1ccc(Cl)cc1Cl. The first-order valence-electron chi connectivity index (χ1n) is 6.33. The fourth-order valence-corrected chi connectivity index (χ4v) is 2.40. The summed E-state index contributed by atoms with van der Waals surface area (Å²) in [5.74, 6) is 0.376. The van der Waals surface area contributed by atoms with Crippen LogP contribution in [0.15, 0.2) is 18.2 Å². The van der Waals surface area contributed by atoms with Gasteiger partial charge in [0.05, 0.1) is 0 Å². The smallest absolute Gasteiger partial charge is 0.0468 e. The Labute approximate surface area is 119 Å². The van der Waals surface area contributed by atoms with Crippen molar-refractivity contribution < 1.29 is 5.11 Å². The van der Waals surface area contributed by atoms with Crippen molar-refractivity contribution >= 4 is 23.2 Å². The van der Waals surface area contributed by atoms with Gasteiger partial charge in [-0.15, -0.1) is 0 Å². The quantitative estimate of drug-likeness (QED) is 0.742. The van der Waals surface area contributed by atoms with E-state index in [1.54, 1.807) is 6.07 Å². The van der Waals surface area contributed by atoms with Crippen molar-refractivity contribution in [1.29, 1.82) is 0 Å². The molecule has 0 amide bonds. The molecule has 0 saturated carbocycles. The topological polar surface area (TPSA) is 32.3 Å². The molecule has 0 aliphatic carbocycles. The van der Waals surface area contributed by atoms with Gasteiger partial charge in [-0.25, -0.2) is 0 Å². The highest BCUT2D eigenvalue weighted by molar-refractivity contribution is 6.35. The fraction of sp³-hybridized carbons (Fsp3) is 0.571. The number of hydrogen-bond donors (Lipinski definition) is 2. The number of halogens is 2. The largest absolute Gasteiger partial charge is 0.396 e. The zero-order valence-corrected chi connectivity index (χ0v) is 12.4. The molecule has 2 N–H and O–H groups in total. The van der Waals surface area contributed by atoms with Gasteiger partial charge in [0.1, 0.15) is 0 Å². The Morgan fingerprint density at radius 3 is 2.61 bits per heavy atom. The molecule has 0 aliphatic rings. The van der Waals surface area contributed by atoms with Gasteiger partial charge in [-0.3, -0.25) is 0 Å². The first-order valence-corrected chi connectivity index (χ1v) is 7.09. The molecule has 1 aromatic carbocycles. The summed E-state index contributed by atoms with van der Waals surface area (Å²) in [6.07, 6.45) is 2.09. The Morgan fingerprint density at radius 2 is 2.00 bits per heavy atom. The summed E-state index contributed by atoms with van der Waals surface area (Å²) in [7, 11) is 0. The Kier molecular flexibility index (Phi) is 7.02. The third kappa shape index (κ3) is 5.15. The highest BCUT2D eigenvalue weighted by atomic mass is 35.5. The van der Waals surface area contributed by atoms with Crippen molar-refractivity contribution in [2.24, 2.45) is 5.92 Å². The number of aliphatic hydroxyl groups is 1. The number of hydrogen-bond acceptors (Lipinski definition) is 2.